The first-order chi connectivity index (χ1) is 6.31. The Kier molecular flexibility index (Phi) is 5.71. The number of nitrogens with two attached hydrogens (primary N) is 1. The molecule has 0 aromatic carbocycles. The summed E-state index contributed by atoms with van der Waals surface area (Å²) in [6.45, 7) is 7.67. The zero-order chi connectivity index (χ0) is 11.4. The summed E-state index contributed by atoms with van der Waals surface area (Å²) < 4.78 is 0. The molecule has 0 bridgehead atoms. The van der Waals surface area contributed by atoms with E-state index in [9.17, 15) is 4.79 Å². The van der Waals surface area contributed by atoms with Crippen LogP contribution in [-0.2, 0) is 4.79 Å². The molecule has 0 heterocycles. The molecule has 0 rings (SSSR count). The smallest absolute Gasteiger partial charge is 0.158 e. The highest BCUT2D eigenvalue weighted by Crippen LogP contribution is 2.26. The second-order valence-electron chi connectivity index (χ2n) is 4.40. The fourth-order valence-corrected chi connectivity index (χ4v) is 1.92. The molecule has 0 aliphatic heterocycles. The van der Waals surface area contributed by atoms with Crippen LogP contribution in [0.15, 0.2) is 0 Å². The summed E-state index contributed by atoms with van der Waals surface area (Å²) in [4.78, 5) is 11.7. The molecule has 0 saturated heterocycles. The number of rotatable bonds is 6. The third kappa shape index (κ3) is 4.44. The predicted octanol–water partition coefficient (Wildman–Crippen LogP) is 1.04. The Balaban J connectivity index is 4.23. The second-order valence-corrected chi connectivity index (χ2v) is 5.96. The summed E-state index contributed by atoms with van der Waals surface area (Å²) in [5.41, 5.74) is 5.05. The fraction of sp³-hybridized carbons (Fsp3) is 0.900. The number of ketones is 1. The molecule has 0 aromatic rings. The number of hydrogen-bond donors (Lipinski definition) is 2. The molecule has 0 radical (unpaired) electrons. The predicted molar refractivity (Wildman–Crippen MR) is 61.4 cm³/mol. The minimum Gasteiger partial charge on any atom is -0.394 e. The minimum atomic E-state index is -0.738. The van der Waals surface area contributed by atoms with E-state index in [1.165, 1.54) is 0 Å². The lowest BCUT2D eigenvalue weighted by Gasteiger charge is -2.26. The van der Waals surface area contributed by atoms with Crippen LogP contribution in [0.5, 0.6) is 0 Å². The molecular formula is C10H21NO2S. The van der Waals surface area contributed by atoms with Gasteiger partial charge in [-0.05, 0) is 5.25 Å². The number of aliphatic hydroxyl groups is 1. The zero-order valence-electron chi connectivity index (χ0n) is 9.41. The van der Waals surface area contributed by atoms with Crippen LogP contribution in [0.25, 0.3) is 0 Å². The molecule has 0 saturated carbocycles. The number of hydrogen-bond acceptors (Lipinski definition) is 4. The lowest BCUT2D eigenvalue weighted by atomic mass is 9.87. The average Bonchev–Trinajstić information content (AvgIpc) is 2.12. The van der Waals surface area contributed by atoms with E-state index in [1.54, 1.807) is 11.8 Å². The van der Waals surface area contributed by atoms with Crippen molar-refractivity contribution in [3.8, 4) is 0 Å². The maximum atomic E-state index is 11.7. The van der Waals surface area contributed by atoms with Crippen LogP contribution in [0.4, 0.5) is 0 Å². The van der Waals surface area contributed by atoms with Crippen molar-refractivity contribution in [1.29, 1.82) is 0 Å². The first-order valence-corrected chi connectivity index (χ1v) is 5.88. The van der Waals surface area contributed by atoms with E-state index in [-0.39, 0.29) is 12.4 Å². The first kappa shape index (κ1) is 13.9. The van der Waals surface area contributed by atoms with E-state index in [2.05, 4.69) is 13.8 Å². The van der Waals surface area contributed by atoms with E-state index >= 15 is 0 Å². The van der Waals surface area contributed by atoms with E-state index in [0.29, 0.717) is 5.25 Å². The number of thioether (sulfide) groups is 1. The summed E-state index contributed by atoms with van der Waals surface area (Å²) in [6, 6.07) is -0.738. The largest absolute Gasteiger partial charge is 0.394 e. The summed E-state index contributed by atoms with van der Waals surface area (Å²) in [7, 11) is 0. The molecule has 3 N–H and O–H groups in total. The lowest BCUT2D eigenvalue weighted by molar-refractivity contribution is -0.128. The number of carbonyl (C=O) groups is 1. The van der Waals surface area contributed by atoms with Crippen LogP contribution in [0.3, 0.4) is 0 Å². The average molecular weight is 219 g/mol. The van der Waals surface area contributed by atoms with Crippen LogP contribution in [-0.4, -0.2) is 34.5 Å². The highest BCUT2D eigenvalue weighted by molar-refractivity contribution is 7.99. The van der Waals surface area contributed by atoms with Crippen LogP contribution in [0.1, 0.15) is 27.7 Å². The van der Waals surface area contributed by atoms with Gasteiger partial charge in [-0.3, -0.25) is 4.79 Å². The van der Waals surface area contributed by atoms with Crippen LogP contribution >= 0.6 is 11.8 Å². The van der Waals surface area contributed by atoms with Crippen molar-refractivity contribution in [1.82, 2.24) is 0 Å². The van der Waals surface area contributed by atoms with E-state index in [0.717, 1.165) is 5.75 Å². The van der Waals surface area contributed by atoms with Gasteiger partial charge < -0.3 is 10.8 Å². The van der Waals surface area contributed by atoms with Crippen LogP contribution < -0.4 is 5.73 Å². The third-order valence-corrected chi connectivity index (χ3v) is 3.53. The number of Topliss-reactive ketones (excluding diaryl/α,β-unsaturated/α-hetero) is 1. The van der Waals surface area contributed by atoms with Gasteiger partial charge in [0.25, 0.3) is 0 Å². The fourth-order valence-electron chi connectivity index (χ4n) is 1.03. The van der Waals surface area contributed by atoms with Gasteiger partial charge in [0, 0.05) is 11.2 Å². The van der Waals surface area contributed by atoms with Gasteiger partial charge in [0.05, 0.1) is 12.6 Å². The normalized spacial score (nSPS) is 14.5. The molecule has 0 aliphatic carbocycles. The Hall–Kier alpha value is -0.0600. The van der Waals surface area contributed by atoms with Gasteiger partial charge in [0.2, 0.25) is 0 Å². The molecule has 0 unspecified atom stereocenters. The number of carbonyl (C=O) groups excluding carboxylic acids is 1. The highest BCUT2D eigenvalue weighted by Gasteiger charge is 2.31. The van der Waals surface area contributed by atoms with Crippen molar-refractivity contribution in [3.05, 3.63) is 0 Å². The molecule has 1 atom stereocenters. The summed E-state index contributed by atoms with van der Waals surface area (Å²) in [5.74, 6) is 0.685. The molecule has 4 heteroatoms. The van der Waals surface area contributed by atoms with Gasteiger partial charge in [-0.25, -0.2) is 0 Å². The quantitative estimate of drug-likeness (QED) is 0.701. The van der Waals surface area contributed by atoms with Crippen molar-refractivity contribution in [3.63, 3.8) is 0 Å². The first-order valence-electron chi connectivity index (χ1n) is 4.83. The third-order valence-electron chi connectivity index (χ3n) is 1.98. The summed E-state index contributed by atoms with van der Waals surface area (Å²) in [6.07, 6.45) is 0. The molecular weight excluding hydrogens is 198 g/mol. The van der Waals surface area contributed by atoms with Crippen LogP contribution in [0.2, 0.25) is 0 Å². The molecule has 14 heavy (non-hydrogen) atoms. The SMILES string of the molecule is CC(C)SCC(C)(C)C(=O)[C@H](N)CO. The Morgan fingerprint density at radius 3 is 2.36 bits per heavy atom. The van der Waals surface area contributed by atoms with Gasteiger partial charge in [-0.1, -0.05) is 27.7 Å². The molecule has 0 aliphatic rings. The Bertz CT molecular complexity index is 193. The summed E-state index contributed by atoms with van der Waals surface area (Å²) >= 11 is 1.74. The van der Waals surface area contributed by atoms with E-state index < -0.39 is 11.5 Å². The standard InChI is InChI=1S/C10H21NO2S/c1-7(2)14-6-10(3,4)9(13)8(11)5-12/h7-8,12H,5-6,11H2,1-4H3/t8-/m1/s1. The maximum absolute atomic E-state index is 11.7. The topological polar surface area (TPSA) is 63.3 Å². The Morgan fingerprint density at radius 1 is 1.50 bits per heavy atom. The highest BCUT2D eigenvalue weighted by atomic mass is 32.2. The van der Waals surface area contributed by atoms with Crippen molar-refractivity contribution in [2.45, 2.75) is 39.0 Å². The second kappa shape index (κ2) is 5.73. The maximum Gasteiger partial charge on any atom is 0.158 e. The molecule has 0 amide bonds. The minimum absolute atomic E-state index is 0.0619. The van der Waals surface area contributed by atoms with Crippen molar-refractivity contribution in [2.75, 3.05) is 12.4 Å². The molecule has 0 fully saturated rings. The number of aliphatic hydroxyl groups excluding tert-OH is 1. The van der Waals surface area contributed by atoms with Gasteiger partial charge in [-0.2, -0.15) is 11.8 Å². The van der Waals surface area contributed by atoms with Crippen LogP contribution in [0, 0.1) is 5.41 Å². The lowest BCUT2D eigenvalue weighted by Crippen LogP contribution is -2.44. The summed E-state index contributed by atoms with van der Waals surface area (Å²) in [5, 5.41) is 9.30. The molecule has 0 spiro atoms. The van der Waals surface area contributed by atoms with Gasteiger partial charge in [0.15, 0.2) is 5.78 Å². The van der Waals surface area contributed by atoms with Crippen molar-refractivity contribution < 1.29 is 9.90 Å². The zero-order valence-corrected chi connectivity index (χ0v) is 10.2. The monoisotopic (exact) mass is 219 g/mol. The molecule has 3 nitrogen and oxygen atoms in total. The van der Waals surface area contributed by atoms with Crippen molar-refractivity contribution in [2.24, 2.45) is 11.1 Å². The Morgan fingerprint density at radius 2 is 2.00 bits per heavy atom. The molecule has 0 aromatic heterocycles. The molecule has 84 valence electrons. The van der Waals surface area contributed by atoms with E-state index in [1.807, 2.05) is 13.8 Å². The van der Waals surface area contributed by atoms with Gasteiger partial charge in [-0.15, -0.1) is 0 Å². The van der Waals surface area contributed by atoms with Gasteiger partial charge >= 0.3 is 0 Å². The van der Waals surface area contributed by atoms with Gasteiger partial charge in [0.1, 0.15) is 0 Å². The Labute approximate surface area is 90.4 Å². The van der Waals surface area contributed by atoms with Crippen molar-refractivity contribution >= 4 is 17.5 Å². The van der Waals surface area contributed by atoms with E-state index in [4.69, 9.17) is 10.8 Å².